The van der Waals surface area contributed by atoms with E-state index in [1.165, 1.54) is 27.4 Å². The van der Waals surface area contributed by atoms with Gasteiger partial charge in [-0.05, 0) is 37.3 Å². The Kier molecular flexibility index (Phi) is 4.36. The highest BCUT2D eigenvalue weighted by atomic mass is 15.0. The molecule has 0 spiro atoms. The summed E-state index contributed by atoms with van der Waals surface area (Å²) in [4.78, 5) is 5.04. The van der Waals surface area contributed by atoms with E-state index < -0.39 is 0 Å². The van der Waals surface area contributed by atoms with E-state index in [0.717, 1.165) is 28.2 Å². The molecule has 0 unspecified atom stereocenters. The van der Waals surface area contributed by atoms with Gasteiger partial charge in [0.25, 0.3) is 0 Å². The molecule has 0 aliphatic heterocycles. The van der Waals surface area contributed by atoms with Crippen molar-refractivity contribution in [3.05, 3.63) is 121 Å². The van der Waals surface area contributed by atoms with Crippen LogP contribution in [0.15, 0.2) is 115 Å². The molecule has 0 fully saturated rings. The summed E-state index contributed by atoms with van der Waals surface area (Å²) in [6.45, 7) is 2.15. The Morgan fingerprint density at radius 2 is 1.09 bits per heavy atom. The van der Waals surface area contributed by atoms with Gasteiger partial charge in [-0.25, -0.2) is 4.98 Å². The second-order valence-corrected chi connectivity index (χ2v) is 8.20. The fourth-order valence-electron chi connectivity index (χ4n) is 4.52. The number of fused-ring (bicyclic) bond motifs is 3. The van der Waals surface area contributed by atoms with Crippen LogP contribution in [0.25, 0.3) is 50.0 Å². The largest absolute Gasteiger partial charge is 0.309 e. The second-order valence-electron chi connectivity index (χ2n) is 8.20. The van der Waals surface area contributed by atoms with Gasteiger partial charge in [-0.3, -0.25) is 0 Å². The van der Waals surface area contributed by atoms with Crippen LogP contribution in [0.4, 0.5) is 0 Å². The Morgan fingerprint density at radius 3 is 1.75 bits per heavy atom. The Bertz CT molecular complexity index is 1500. The number of aryl methyl sites for hydroxylation is 1. The molecule has 0 radical (unpaired) electrons. The van der Waals surface area contributed by atoms with Crippen LogP contribution in [-0.2, 0) is 0 Å². The zero-order chi connectivity index (χ0) is 21.5. The number of aromatic nitrogens is 2. The molecule has 32 heavy (non-hydrogen) atoms. The van der Waals surface area contributed by atoms with Crippen LogP contribution in [0.1, 0.15) is 5.56 Å². The molecule has 0 saturated carbocycles. The summed E-state index contributed by atoms with van der Waals surface area (Å²) in [5.74, 6) is 0. The smallest absolute Gasteiger partial charge is 0.0730 e. The summed E-state index contributed by atoms with van der Waals surface area (Å²) in [6, 6.07) is 40.6. The van der Waals surface area contributed by atoms with E-state index >= 15 is 0 Å². The number of benzene rings is 4. The first-order chi connectivity index (χ1) is 15.8. The number of rotatable bonds is 3. The Hall–Kier alpha value is -4.17. The fourth-order valence-corrected chi connectivity index (χ4v) is 4.52. The van der Waals surface area contributed by atoms with Crippen LogP contribution in [-0.4, -0.2) is 9.55 Å². The van der Waals surface area contributed by atoms with Crippen molar-refractivity contribution in [3.8, 4) is 28.2 Å². The van der Waals surface area contributed by atoms with Crippen molar-refractivity contribution >= 4 is 21.8 Å². The van der Waals surface area contributed by atoms with Crippen molar-refractivity contribution < 1.29 is 0 Å². The monoisotopic (exact) mass is 410 g/mol. The Balaban J connectivity index is 1.70. The summed E-state index contributed by atoms with van der Waals surface area (Å²) in [5, 5.41) is 2.55. The van der Waals surface area contributed by atoms with E-state index in [-0.39, 0.29) is 0 Å². The maximum absolute atomic E-state index is 5.04. The average molecular weight is 411 g/mol. The van der Waals surface area contributed by atoms with E-state index in [1.807, 2.05) is 12.1 Å². The minimum atomic E-state index is 0.972. The molecule has 0 bridgehead atoms. The molecule has 2 aromatic heterocycles. The normalized spacial score (nSPS) is 11.3. The van der Waals surface area contributed by atoms with E-state index in [1.54, 1.807) is 0 Å². The maximum Gasteiger partial charge on any atom is 0.0730 e. The van der Waals surface area contributed by atoms with Crippen LogP contribution >= 0.6 is 0 Å². The molecular formula is C30H22N2. The lowest BCUT2D eigenvalue weighted by atomic mass is 10.1. The van der Waals surface area contributed by atoms with Crippen LogP contribution < -0.4 is 0 Å². The summed E-state index contributed by atoms with van der Waals surface area (Å²) in [5.41, 5.74) is 8.97. The van der Waals surface area contributed by atoms with Gasteiger partial charge >= 0.3 is 0 Å². The highest BCUT2D eigenvalue weighted by Gasteiger charge is 2.15. The summed E-state index contributed by atoms with van der Waals surface area (Å²) in [7, 11) is 0. The zero-order valence-electron chi connectivity index (χ0n) is 17.9. The van der Waals surface area contributed by atoms with Gasteiger partial charge in [0.15, 0.2) is 0 Å². The maximum atomic E-state index is 5.04. The lowest BCUT2D eigenvalue weighted by Crippen LogP contribution is -1.98. The minimum Gasteiger partial charge on any atom is -0.309 e. The lowest BCUT2D eigenvalue weighted by Gasteiger charge is -2.13. The van der Waals surface area contributed by atoms with Gasteiger partial charge < -0.3 is 4.57 Å². The van der Waals surface area contributed by atoms with Crippen molar-refractivity contribution in [3.63, 3.8) is 0 Å². The van der Waals surface area contributed by atoms with Gasteiger partial charge in [-0.2, -0.15) is 0 Å². The molecule has 2 nitrogen and oxygen atoms in total. The summed E-state index contributed by atoms with van der Waals surface area (Å²) >= 11 is 0. The minimum absolute atomic E-state index is 0.972. The van der Waals surface area contributed by atoms with Crippen LogP contribution in [0.2, 0.25) is 0 Å². The number of hydrogen-bond acceptors (Lipinski definition) is 1. The van der Waals surface area contributed by atoms with E-state index in [9.17, 15) is 0 Å². The fraction of sp³-hybridized carbons (Fsp3) is 0.0333. The van der Waals surface area contributed by atoms with Crippen molar-refractivity contribution in [2.45, 2.75) is 6.92 Å². The van der Waals surface area contributed by atoms with Crippen molar-refractivity contribution in [2.24, 2.45) is 0 Å². The molecular weight excluding hydrogens is 388 g/mol. The topological polar surface area (TPSA) is 17.8 Å². The summed E-state index contributed by atoms with van der Waals surface area (Å²) < 4.78 is 2.37. The first-order valence-corrected chi connectivity index (χ1v) is 10.9. The molecule has 0 atom stereocenters. The predicted molar refractivity (Wildman–Crippen MR) is 134 cm³/mol. The van der Waals surface area contributed by atoms with E-state index in [4.69, 9.17) is 4.98 Å². The third-order valence-corrected chi connectivity index (χ3v) is 6.04. The van der Waals surface area contributed by atoms with Gasteiger partial charge in [0.2, 0.25) is 0 Å². The van der Waals surface area contributed by atoms with Crippen molar-refractivity contribution in [1.29, 1.82) is 0 Å². The third kappa shape index (κ3) is 3.09. The molecule has 0 N–H and O–H groups in total. The molecule has 0 aliphatic carbocycles. The Labute approximate surface area is 187 Å². The quantitative estimate of drug-likeness (QED) is 0.291. The van der Waals surface area contributed by atoms with Gasteiger partial charge in [-0.1, -0.05) is 90.5 Å². The Morgan fingerprint density at radius 1 is 0.531 bits per heavy atom. The third-order valence-electron chi connectivity index (χ3n) is 6.04. The first-order valence-electron chi connectivity index (χ1n) is 10.9. The van der Waals surface area contributed by atoms with Gasteiger partial charge in [-0.15, -0.1) is 0 Å². The standard InChI is InChI=1S/C30H22N2/c1-21-16-17-30-26(18-21)25-14-8-9-15-29(25)32(30)24-19-27(22-10-4-2-5-11-22)31-28(20-24)23-12-6-3-7-13-23/h2-20H,1H3. The zero-order valence-corrected chi connectivity index (χ0v) is 17.9. The second kappa shape index (κ2) is 7.51. The van der Waals surface area contributed by atoms with Gasteiger partial charge in [0.1, 0.15) is 0 Å². The van der Waals surface area contributed by atoms with Crippen LogP contribution in [0.3, 0.4) is 0 Å². The van der Waals surface area contributed by atoms with Crippen LogP contribution in [0, 0.1) is 6.92 Å². The van der Waals surface area contributed by atoms with Gasteiger partial charge in [0.05, 0.1) is 28.1 Å². The number of hydrogen-bond donors (Lipinski definition) is 0. The van der Waals surface area contributed by atoms with E-state index in [2.05, 4.69) is 115 Å². The highest BCUT2D eigenvalue weighted by molar-refractivity contribution is 6.09. The van der Waals surface area contributed by atoms with Gasteiger partial charge in [0, 0.05) is 21.9 Å². The molecule has 0 saturated heterocycles. The number of nitrogens with zero attached hydrogens (tertiary/aromatic N) is 2. The SMILES string of the molecule is Cc1ccc2c(c1)c1ccccc1n2-c1cc(-c2ccccc2)nc(-c2ccccc2)c1. The predicted octanol–water partition coefficient (Wildman–Crippen LogP) is 7.82. The first kappa shape index (κ1) is 18.6. The number of pyridine rings is 1. The van der Waals surface area contributed by atoms with E-state index in [0.29, 0.717) is 0 Å². The summed E-state index contributed by atoms with van der Waals surface area (Å²) in [6.07, 6.45) is 0. The molecule has 0 aliphatic rings. The molecule has 6 rings (SSSR count). The lowest BCUT2D eigenvalue weighted by molar-refractivity contribution is 1.16. The molecule has 4 aromatic carbocycles. The highest BCUT2D eigenvalue weighted by Crippen LogP contribution is 2.35. The molecule has 2 heteroatoms. The molecule has 6 aromatic rings. The van der Waals surface area contributed by atoms with Crippen LogP contribution in [0.5, 0.6) is 0 Å². The molecule has 152 valence electrons. The number of para-hydroxylation sites is 1. The molecule has 2 heterocycles. The molecule has 0 amide bonds. The van der Waals surface area contributed by atoms with Crippen molar-refractivity contribution in [1.82, 2.24) is 9.55 Å². The average Bonchev–Trinajstić information content (AvgIpc) is 3.18. The van der Waals surface area contributed by atoms with Crippen molar-refractivity contribution in [2.75, 3.05) is 0 Å².